The van der Waals surface area contributed by atoms with Gasteiger partial charge in [0.25, 0.3) is 0 Å². The monoisotopic (exact) mass is 349 g/mol. The minimum atomic E-state index is -0.570. The number of carbonyl (C=O) groups is 2. The second-order valence-corrected chi connectivity index (χ2v) is 5.82. The van der Waals surface area contributed by atoms with Crippen molar-refractivity contribution in [1.29, 1.82) is 0 Å². The third-order valence-corrected chi connectivity index (χ3v) is 4.09. The molecule has 1 unspecified atom stereocenters. The highest BCUT2D eigenvalue weighted by atomic mass is 16.6. The number of para-hydroxylation sites is 1. The molecule has 5 heteroatoms. The minimum absolute atomic E-state index is 0.104. The van der Waals surface area contributed by atoms with Crippen LogP contribution in [0.4, 0.5) is 4.79 Å². The third-order valence-electron chi connectivity index (χ3n) is 4.09. The van der Waals surface area contributed by atoms with Gasteiger partial charge in [-0.05, 0) is 36.8 Å². The van der Waals surface area contributed by atoms with Gasteiger partial charge in [-0.2, -0.15) is 0 Å². The molecule has 0 saturated heterocycles. The van der Waals surface area contributed by atoms with Gasteiger partial charge in [-0.1, -0.05) is 36.4 Å². The summed E-state index contributed by atoms with van der Waals surface area (Å²) >= 11 is 0. The smallest absolute Gasteiger partial charge is 0.423 e. The molecule has 1 atom stereocenters. The van der Waals surface area contributed by atoms with Crippen molar-refractivity contribution in [3.05, 3.63) is 84.2 Å². The van der Waals surface area contributed by atoms with Crippen LogP contribution in [-0.4, -0.2) is 23.9 Å². The number of allylic oxidation sites excluding steroid dienone is 2. The van der Waals surface area contributed by atoms with Gasteiger partial charge in [-0.25, -0.2) is 4.79 Å². The molecule has 1 heterocycles. The van der Waals surface area contributed by atoms with Crippen molar-refractivity contribution in [3.8, 4) is 11.5 Å². The Bertz CT molecular complexity index is 853. The fourth-order valence-electron chi connectivity index (χ4n) is 2.72. The summed E-state index contributed by atoms with van der Waals surface area (Å²) in [5.74, 6) is 0.864. The predicted octanol–water partition coefficient (Wildman–Crippen LogP) is 4.28. The second-order valence-electron chi connectivity index (χ2n) is 5.82. The van der Waals surface area contributed by atoms with E-state index in [4.69, 9.17) is 9.47 Å². The number of hydrogen-bond donors (Lipinski definition) is 0. The Labute approximate surface area is 152 Å². The van der Waals surface area contributed by atoms with Gasteiger partial charge in [0.05, 0.1) is 7.11 Å². The zero-order valence-corrected chi connectivity index (χ0v) is 14.6. The average Bonchev–Trinajstić information content (AvgIpc) is 2.68. The molecule has 1 aliphatic heterocycles. The molecule has 0 radical (unpaired) electrons. The first kappa shape index (κ1) is 17.5. The van der Waals surface area contributed by atoms with E-state index in [-0.39, 0.29) is 11.7 Å². The molecule has 0 aromatic heterocycles. The summed E-state index contributed by atoms with van der Waals surface area (Å²) < 4.78 is 10.5. The standard InChI is InChI=1S/C21H19NO4/c1-15(23)20-14-22(21(24)26-18-6-4-3-5-7-18)13-12-19(20)16-8-10-17(25-2)11-9-16/h3-14,19H,1-2H3. The van der Waals surface area contributed by atoms with Crippen molar-refractivity contribution in [2.45, 2.75) is 12.8 Å². The summed E-state index contributed by atoms with van der Waals surface area (Å²) in [7, 11) is 1.60. The van der Waals surface area contributed by atoms with E-state index in [1.807, 2.05) is 36.4 Å². The maximum Gasteiger partial charge on any atom is 0.423 e. The van der Waals surface area contributed by atoms with Crippen molar-refractivity contribution < 1.29 is 19.1 Å². The number of benzene rings is 2. The van der Waals surface area contributed by atoms with Crippen LogP contribution < -0.4 is 9.47 Å². The second kappa shape index (κ2) is 7.70. The minimum Gasteiger partial charge on any atom is -0.497 e. The zero-order valence-electron chi connectivity index (χ0n) is 14.6. The number of carbonyl (C=O) groups excluding carboxylic acids is 2. The summed E-state index contributed by atoms with van der Waals surface area (Å²) in [4.78, 5) is 25.8. The van der Waals surface area contributed by atoms with Crippen LogP contribution in [0, 0.1) is 0 Å². The fourth-order valence-corrected chi connectivity index (χ4v) is 2.72. The number of Topliss-reactive ketones (excluding diaryl/α,β-unsaturated/α-hetero) is 1. The van der Waals surface area contributed by atoms with Crippen molar-refractivity contribution in [1.82, 2.24) is 4.90 Å². The molecule has 0 aliphatic carbocycles. The Balaban J connectivity index is 1.81. The number of methoxy groups -OCH3 is 1. The average molecular weight is 349 g/mol. The van der Waals surface area contributed by atoms with Crippen LogP contribution >= 0.6 is 0 Å². The molecule has 5 nitrogen and oxygen atoms in total. The molecule has 2 aromatic carbocycles. The first-order valence-electron chi connectivity index (χ1n) is 8.18. The van der Waals surface area contributed by atoms with Gasteiger partial charge in [0, 0.05) is 23.9 Å². The van der Waals surface area contributed by atoms with E-state index in [9.17, 15) is 9.59 Å². The van der Waals surface area contributed by atoms with Crippen LogP contribution in [0.15, 0.2) is 78.6 Å². The Hall–Kier alpha value is -3.34. The maximum absolute atomic E-state index is 12.3. The van der Waals surface area contributed by atoms with Crippen LogP contribution in [0.1, 0.15) is 18.4 Å². The Kier molecular flexibility index (Phi) is 5.17. The molecule has 0 N–H and O–H groups in total. The lowest BCUT2D eigenvalue weighted by Gasteiger charge is -2.24. The summed E-state index contributed by atoms with van der Waals surface area (Å²) in [5.41, 5.74) is 1.46. The molecule has 2 aromatic rings. The molecule has 3 rings (SSSR count). The largest absolute Gasteiger partial charge is 0.497 e. The molecule has 132 valence electrons. The third kappa shape index (κ3) is 3.83. The zero-order chi connectivity index (χ0) is 18.5. The van der Waals surface area contributed by atoms with Crippen LogP contribution in [-0.2, 0) is 4.79 Å². The molecule has 0 bridgehead atoms. The summed E-state index contributed by atoms with van der Waals surface area (Å²) in [5, 5.41) is 0. The van der Waals surface area contributed by atoms with Gasteiger partial charge in [0.2, 0.25) is 0 Å². The maximum atomic E-state index is 12.3. The number of ether oxygens (including phenoxy) is 2. The van der Waals surface area contributed by atoms with Crippen molar-refractivity contribution in [2.24, 2.45) is 0 Å². The molecule has 0 fully saturated rings. The van der Waals surface area contributed by atoms with E-state index < -0.39 is 6.09 Å². The number of ketones is 1. The van der Waals surface area contributed by atoms with Crippen molar-refractivity contribution >= 4 is 11.9 Å². The lowest BCUT2D eigenvalue weighted by atomic mass is 9.88. The molecule has 0 saturated carbocycles. The summed E-state index contributed by atoms with van der Waals surface area (Å²) in [6, 6.07) is 16.3. The van der Waals surface area contributed by atoms with Crippen LogP contribution in [0.25, 0.3) is 0 Å². The van der Waals surface area contributed by atoms with Gasteiger partial charge in [-0.3, -0.25) is 9.69 Å². The highest BCUT2D eigenvalue weighted by molar-refractivity contribution is 5.96. The van der Waals surface area contributed by atoms with E-state index in [2.05, 4.69) is 0 Å². The predicted molar refractivity (Wildman–Crippen MR) is 97.9 cm³/mol. The van der Waals surface area contributed by atoms with E-state index in [0.717, 1.165) is 11.3 Å². The number of rotatable bonds is 4. The molecule has 0 spiro atoms. The highest BCUT2D eigenvalue weighted by Crippen LogP contribution is 2.31. The normalized spacial score (nSPS) is 16.0. The molecule has 1 aliphatic rings. The van der Waals surface area contributed by atoms with Gasteiger partial charge in [0.1, 0.15) is 11.5 Å². The molecular weight excluding hydrogens is 330 g/mol. The highest BCUT2D eigenvalue weighted by Gasteiger charge is 2.25. The van der Waals surface area contributed by atoms with Crippen molar-refractivity contribution in [3.63, 3.8) is 0 Å². The first-order valence-corrected chi connectivity index (χ1v) is 8.18. The Morgan fingerprint density at radius 3 is 2.27 bits per heavy atom. The molecule has 26 heavy (non-hydrogen) atoms. The van der Waals surface area contributed by atoms with Gasteiger partial charge < -0.3 is 9.47 Å². The Morgan fingerprint density at radius 1 is 0.962 bits per heavy atom. The van der Waals surface area contributed by atoms with Crippen LogP contribution in [0.5, 0.6) is 11.5 Å². The quantitative estimate of drug-likeness (QED) is 0.827. The lowest BCUT2D eigenvalue weighted by Crippen LogP contribution is -2.28. The number of amides is 1. The number of nitrogens with zero attached hydrogens (tertiary/aromatic N) is 1. The van der Waals surface area contributed by atoms with Crippen LogP contribution in [0.3, 0.4) is 0 Å². The van der Waals surface area contributed by atoms with Gasteiger partial charge in [-0.15, -0.1) is 0 Å². The number of hydrogen-bond acceptors (Lipinski definition) is 4. The lowest BCUT2D eigenvalue weighted by molar-refractivity contribution is -0.113. The first-order chi connectivity index (χ1) is 12.6. The van der Waals surface area contributed by atoms with Gasteiger partial charge in [0.15, 0.2) is 5.78 Å². The SMILES string of the molecule is COc1ccc(C2C=CN(C(=O)Oc3ccccc3)C=C2C(C)=O)cc1. The molecule has 1 amide bonds. The van der Waals surface area contributed by atoms with Crippen LogP contribution in [0.2, 0.25) is 0 Å². The van der Waals surface area contributed by atoms with E-state index in [0.29, 0.717) is 11.3 Å². The van der Waals surface area contributed by atoms with E-state index in [1.54, 1.807) is 37.6 Å². The van der Waals surface area contributed by atoms with Crippen molar-refractivity contribution in [2.75, 3.05) is 7.11 Å². The van der Waals surface area contributed by atoms with E-state index >= 15 is 0 Å². The fraction of sp³-hybridized carbons (Fsp3) is 0.143. The summed E-state index contributed by atoms with van der Waals surface area (Å²) in [6.07, 6.45) is 4.39. The Morgan fingerprint density at radius 2 is 1.65 bits per heavy atom. The topological polar surface area (TPSA) is 55.8 Å². The van der Waals surface area contributed by atoms with Gasteiger partial charge >= 0.3 is 6.09 Å². The van der Waals surface area contributed by atoms with E-state index in [1.165, 1.54) is 18.0 Å². The summed E-state index contributed by atoms with van der Waals surface area (Å²) in [6.45, 7) is 1.49. The molecular formula is C21H19NO4.